The van der Waals surface area contributed by atoms with E-state index in [1.54, 1.807) is 24.3 Å². The van der Waals surface area contributed by atoms with E-state index < -0.39 is 5.92 Å². The van der Waals surface area contributed by atoms with Gasteiger partial charge in [-0.05, 0) is 30.3 Å². The van der Waals surface area contributed by atoms with Gasteiger partial charge in [-0.25, -0.2) is 19.6 Å². The Bertz CT molecular complexity index is 967. The number of amidine groups is 1. The van der Waals surface area contributed by atoms with Crippen molar-refractivity contribution in [2.75, 3.05) is 23.8 Å². The zero-order valence-electron chi connectivity index (χ0n) is 16.2. The summed E-state index contributed by atoms with van der Waals surface area (Å²) in [5, 5.41) is 6.58. The molecule has 3 rings (SSSR count). The summed E-state index contributed by atoms with van der Waals surface area (Å²) in [5.74, 6) is 3.38. The number of benzene rings is 1. The van der Waals surface area contributed by atoms with Crippen LogP contribution in [0, 0.1) is 0 Å². The van der Waals surface area contributed by atoms with E-state index in [4.69, 9.17) is 22.7 Å². The van der Waals surface area contributed by atoms with Crippen LogP contribution in [0.5, 0.6) is 0 Å². The van der Waals surface area contributed by atoms with Gasteiger partial charge >= 0.3 is 5.84 Å². The van der Waals surface area contributed by atoms with Gasteiger partial charge in [0.15, 0.2) is 5.69 Å². The Morgan fingerprint density at radius 2 is 1.97 bits per heavy atom. The number of hydrazine groups is 1. The predicted molar refractivity (Wildman–Crippen MR) is 109 cm³/mol. The molecule has 1 aliphatic heterocycles. The molecule has 0 saturated carbocycles. The number of hydrogen-bond acceptors (Lipinski definition) is 5. The minimum absolute atomic E-state index is 0.00540. The summed E-state index contributed by atoms with van der Waals surface area (Å²) >= 11 is 0. The largest absolute Gasteiger partial charge is 0.397 e. The summed E-state index contributed by atoms with van der Waals surface area (Å²) in [4.78, 5) is 20.9. The van der Waals surface area contributed by atoms with E-state index >= 15 is 0 Å². The van der Waals surface area contributed by atoms with Gasteiger partial charge in [0.05, 0.1) is 23.3 Å². The number of alkyl halides is 2. The summed E-state index contributed by atoms with van der Waals surface area (Å²) in [6.45, 7) is 0.0108. The number of nitrogen functional groups attached to an aromatic ring is 2. The van der Waals surface area contributed by atoms with Crippen molar-refractivity contribution in [2.24, 2.45) is 11.6 Å². The molecule has 2 aromatic rings. The minimum Gasteiger partial charge on any atom is -0.397 e. The number of rotatable bonds is 5. The molecule has 0 radical (unpaired) electrons. The SMILES string of the molecule is NC(=[NH+]C=[NH2+])c1ccc(N(N)c2ccc(C(=O)N3CCC(F)(F)CC3)cc2N)cn1. The molecule has 0 unspecified atom stereocenters. The van der Waals surface area contributed by atoms with Crippen LogP contribution in [-0.4, -0.2) is 47.0 Å². The Morgan fingerprint density at radius 3 is 2.53 bits per heavy atom. The smallest absolute Gasteiger partial charge is 0.354 e. The molecule has 0 aliphatic carbocycles. The zero-order chi connectivity index (χ0) is 21.9. The number of nitrogens with two attached hydrogens (primary N) is 4. The molecule has 1 fully saturated rings. The summed E-state index contributed by atoms with van der Waals surface area (Å²) in [7, 11) is 0. The molecule has 30 heavy (non-hydrogen) atoms. The fourth-order valence-corrected chi connectivity index (χ4v) is 3.12. The van der Waals surface area contributed by atoms with Gasteiger partial charge in [-0.15, -0.1) is 0 Å². The van der Waals surface area contributed by atoms with Gasteiger partial charge in [-0.3, -0.25) is 20.9 Å². The lowest BCUT2D eigenvalue weighted by Crippen LogP contribution is -2.79. The normalized spacial score (nSPS) is 16.2. The molecule has 11 heteroatoms. The van der Waals surface area contributed by atoms with Crippen LogP contribution in [0.3, 0.4) is 0 Å². The van der Waals surface area contributed by atoms with Gasteiger partial charge in [-0.2, -0.15) is 4.99 Å². The number of nitrogens with one attached hydrogen (secondary N) is 1. The summed E-state index contributed by atoms with van der Waals surface area (Å²) in [6.07, 6.45) is 2.02. The highest BCUT2D eigenvalue weighted by Crippen LogP contribution is 2.31. The first-order valence-corrected chi connectivity index (χ1v) is 9.22. The van der Waals surface area contributed by atoms with E-state index in [9.17, 15) is 13.6 Å². The van der Waals surface area contributed by atoms with Gasteiger partial charge in [0, 0.05) is 31.5 Å². The summed E-state index contributed by atoms with van der Waals surface area (Å²) < 4.78 is 26.6. The van der Waals surface area contributed by atoms with Gasteiger partial charge in [0.2, 0.25) is 0 Å². The number of hydrogen-bond donors (Lipinski definition) is 5. The average molecular weight is 418 g/mol. The van der Waals surface area contributed by atoms with Crippen LogP contribution < -0.4 is 32.7 Å². The maximum absolute atomic E-state index is 13.3. The van der Waals surface area contributed by atoms with Crippen LogP contribution in [0.15, 0.2) is 36.5 Å². The van der Waals surface area contributed by atoms with Crippen LogP contribution in [0.4, 0.5) is 25.8 Å². The Hall–Kier alpha value is -3.60. The monoisotopic (exact) mass is 418 g/mol. The summed E-state index contributed by atoms with van der Waals surface area (Å²) in [5.41, 5.74) is 13.9. The van der Waals surface area contributed by atoms with E-state index in [0.29, 0.717) is 22.6 Å². The Labute approximate surface area is 171 Å². The molecule has 158 valence electrons. The van der Waals surface area contributed by atoms with Crippen LogP contribution in [0.2, 0.25) is 0 Å². The van der Waals surface area contributed by atoms with Crippen molar-refractivity contribution >= 4 is 35.1 Å². The average Bonchev–Trinajstić information content (AvgIpc) is 2.73. The second-order valence-electron chi connectivity index (χ2n) is 6.92. The molecule has 1 amide bonds. The Kier molecular flexibility index (Phi) is 5.92. The lowest BCUT2D eigenvalue weighted by Gasteiger charge is -2.32. The predicted octanol–water partition coefficient (Wildman–Crippen LogP) is -1.88. The van der Waals surface area contributed by atoms with E-state index in [1.165, 1.54) is 28.5 Å². The number of halogens is 2. The lowest BCUT2D eigenvalue weighted by atomic mass is 10.0. The first kappa shape index (κ1) is 21.1. The number of carbonyl (C=O) groups is 1. The van der Waals surface area contributed by atoms with Crippen molar-refractivity contribution in [1.82, 2.24) is 9.88 Å². The molecule has 1 aromatic heterocycles. The summed E-state index contributed by atoms with van der Waals surface area (Å²) in [6, 6.07) is 8.00. The third-order valence-electron chi connectivity index (χ3n) is 4.86. The molecule has 0 atom stereocenters. The molecule has 0 spiro atoms. The molecule has 1 aliphatic rings. The molecular weight excluding hydrogens is 394 g/mol. The maximum atomic E-state index is 13.3. The molecule has 1 saturated heterocycles. The number of likely N-dealkylation sites (tertiary alicyclic amines) is 1. The number of nitrogens with zero attached hydrogens (tertiary/aromatic N) is 3. The quantitative estimate of drug-likeness (QED) is 0.126. The fourth-order valence-electron chi connectivity index (χ4n) is 3.12. The van der Waals surface area contributed by atoms with Crippen molar-refractivity contribution in [3.05, 3.63) is 47.8 Å². The van der Waals surface area contributed by atoms with Crippen LogP contribution in [0.1, 0.15) is 28.9 Å². The fraction of sp³-hybridized carbons (Fsp3) is 0.263. The standard InChI is InChI=1S/C19H22F2N8O/c20-19(21)5-7-28(8-6-19)18(30)12-1-4-16(14(23)9-12)29(25)13-2-3-15(26-10-13)17(24)27-11-22/h1-4,9-11H,5-8,23,25H2,(H3,22,24,27)/p+2. The van der Waals surface area contributed by atoms with Gasteiger partial charge in [0.1, 0.15) is 0 Å². The Balaban J connectivity index is 1.75. The van der Waals surface area contributed by atoms with E-state index in [2.05, 4.69) is 9.98 Å². The third kappa shape index (κ3) is 4.51. The van der Waals surface area contributed by atoms with Crippen molar-refractivity contribution in [3.8, 4) is 0 Å². The minimum atomic E-state index is -2.72. The number of aromatic nitrogens is 1. The van der Waals surface area contributed by atoms with Crippen LogP contribution >= 0.6 is 0 Å². The number of piperidine rings is 1. The van der Waals surface area contributed by atoms with Crippen molar-refractivity contribution in [2.45, 2.75) is 18.8 Å². The van der Waals surface area contributed by atoms with Gasteiger partial charge in [0.25, 0.3) is 18.2 Å². The van der Waals surface area contributed by atoms with Crippen molar-refractivity contribution < 1.29 is 24.0 Å². The second kappa shape index (κ2) is 8.41. The maximum Gasteiger partial charge on any atom is 0.354 e. The Morgan fingerprint density at radius 1 is 1.27 bits per heavy atom. The second-order valence-corrected chi connectivity index (χ2v) is 6.92. The first-order chi connectivity index (χ1) is 14.2. The van der Waals surface area contributed by atoms with Crippen LogP contribution in [-0.2, 0) is 0 Å². The van der Waals surface area contributed by atoms with E-state index in [-0.39, 0.29) is 43.4 Å². The lowest BCUT2D eigenvalue weighted by molar-refractivity contribution is -0.358. The van der Waals surface area contributed by atoms with Crippen molar-refractivity contribution in [1.29, 1.82) is 0 Å². The molecule has 1 aromatic carbocycles. The van der Waals surface area contributed by atoms with E-state index in [0.717, 1.165) is 0 Å². The highest BCUT2D eigenvalue weighted by Gasteiger charge is 2.35. The van der Waals surface area contributed by atoms with Gasteiger partial charge < -0.3 is 10.6 Å². The zero-order valence-corrected chi connectivity index (χ0v) is 16.2. The van der Waals surface area contributed by atoms with Crippen LogP contribution in [0.25, 0.3) is 0 Å². The molecule has 9 nitrogen and oxygen atoms in total. The molecule has 9 N–H and O–H groups in total. The molecule has 0 bridgehead atoms. The highest BCUT2D eigenvalue weighted by atomic mass is 19.3. The number of pyridine rings is 1. The topological polar surface area (TPSA) is 154 Å². The first-order valence-electron chi connectivity index (χ1n) is 9.22. The van der Waals surface area contributed by atoms with E-state index in [1.807, 2.05) is 0 Å². The van der Waals surface area contributed by atoms with Crippen molar-refractivity contribution in [3.63, 3.8) is 0 Å². The third-order valence-corrected chi connectivity index (χ3v) is 4.86. The molecule has 2 heterocycles. The van der Waals surface area contributed by atoms with Gasteiger partial charge in [-0.1, -0.05) is 0 Å². The number of anilines is 3. The number of amides is 1. The molecular formula is C19H24F2N8O+2. The highest BCUT2D eigenvalue weighted by molar-refractivity contribution is 5.96. The number of carbonyl (C=O) groups excluding carboxylic acids is 1.